The molecule has 2 amide bonds. The van der Waals surface area contributed by atoms with Gasteiger partial charge in [0.15, 0.2) is 0 Å². The van der Waals surface area contributed by atoms with Crippen molar-refractivity contribution < 1.29 is 23.5 Å². The Morgan fingerprint density at radius 3 is 2.47 bits per heavy atom. The van der Waals surface area contributed by atoms with Crippen molar-refractivity contribution in [3.8, 4) is 0 Å². The second-order valence-electron chi connectivity index (χ2n) is 8.39. The molecule has 8 nitrogen and oxygen atoms in total. The van der Waals surface area contributed by atoms with E-state index in [9.17, 15) is 19.2 Å². The molecule has 0 fully saturated rings. The summed E-state index contributed by atoms with van der Waals surface area (Å²) in [5.74, 6) is -0.957. The minimum atomic E-state index is -0.594. The number of esters is 1. The maximum Gasteiger partial charge on any atom is 0.348 e. The predicted octanol–water partition coefficient (Wildman–Crippen LogP) is 4.46. The number of benzene rings is 1. The fraction of sp³-hybridized carbons (Fsp3) is 0.304. The molecule has 3 aromatic rings. The molecule has 2 aromatic heterocycles. The zero-order valence-corrected chi connectivity index (χ0v) is 19.3. The summed E-state index contributed by atoms with van der Waals surface area (Å²) < 4.78 is 10.7. The van der Waals surface area contributed by atoms with E-state index in [1.165, 1.54) is 19.1 Å². The molecule has 0 saturated carbocycles. The number of ether oxygens (including phenoxy) is 1. The molecule has 168 valence electrons. The first-order chi connectivity index (χ1) is 14.9. The van der Waals surface area contributed by atoms with Gasteiger partial charge in [-0.25, -0.2) is 9.59 Å². The SMILES string of the molecule is CC(=O)Nc1ccc2c(COC(=O)c3sc(NC(=O)C(C)(C)C)cc3C)cc(=O)oc2c1. The van der Waals surface area contributed by atoms with Crippen LogP contribution in [0.1, 0.15) is 48.5 Å². The van der Waals surface area contributed by atoms with E-state index in [0.717, 1.165) is 11.3 Å². The third-order valence-corrected chi connectivity index (χ3v) is 5.66. The number of rotatable bonds is 5. The summed E-state index contributed by atoms with van der Waals surface area (Å²) in [7, 11) is 0. The van der Waals surface area contributed by atoms with Crippen LogP contribution in [-0.2, 0) is 20.9 Å². The van der Waals surface area contributed by atoms with Crippen molar-refractivity contribution in [2.24, 2.45) is 5.41 Å². The number of fused-ring (bicyclic) bond motifs is 1. The molecule has 0 bridgehead atoms. The van der Waals surface area contributed by atoms with Gasteiger partial charge < -0.3 is 19.8 Å². The number of carbonyl (C=O) groups is 3. The van der Waals surface area contributed by atoms with E-state index < -0.39 is 17.0 Å². The minimum absolute atomic E-state index is 0.137. The van der Waals surface area contributed by atoms with E-state index in [0.29, 0.717) is 32.1 Å². The van der Waals surface area contributed by atoms with Crippen molar-refractivity contribution in [2.45, 2.75) is 41.2 Å². The lowest BCUT2D eigenvalue weighted by molar-refractivity contribution is -0.123. The molecular formula is C23H24N2O6S. The predicted molar refractivity (Wildman–Crippen MR) is 123 cm³/mol. The Kier molecular flexibility index (Phi) is 6.50. The maximum absolute atomic E-state index is 12.7. The summed E-state index contributed by atoms with van der Waals surface area (Å²) in [5, 5.41) is 6.59. The lowest BCUT2D eigenvalue weighted by Crippen LogP contribution is -2.27. The average molecular weight is 457 g/mol. The summed E-state index contributed by atoms with van der Waals surface area (Å²) in [6, 6.07) is 7.88. The van der Waals surface area contributed by atoms with Gasteiger partial charge in [0.25, 0.3) is 0 Å². The summed E-state index contributed by atoms with van der Waals surface area (Å²) in [6.07, 6.45) is 0. The second-order valence-corrected chi connectivity index (χ2v) is 9.44. The van der Waals surface area contributed by atoms with Crippen LogP contribution >= 0.6 is 11.3 Å². The van der Waals surface area contributed by atoms with Gasteiger partial charge in [-0.15, -0.1) is 11.3 Å². The van der Waals surface area contributed by atoms with Crippen molar-refractivity contribution in [1.82, 2.24) is 0 Å². The highest BCUT2D eigenvalue weighted by atomic mass is 32.1. The Hall–Kier alpha value is -3.46. The van der Waals surface area contributed by atoms with Crippen molar-refractivity contribution in [3.05, 3.63) is 56.8 Å². The first-order valence-corrected chi connectivity index (χ1v) is 10.7. The monoisotopic (exact) mass is 456 g/mol. The van der Waals surface area contributed by atoms with Crippen molar-refractivity contribution in [1.29, 1.82) is 0 Å². The number of anilines is 2. The highest BCUT2D eigenvalue weighted by Crippen LogP contribution is 2.29. The molecule has 0 atom stereocenters. The molecule has 9 heteroatoms. The van der Waals surface area contributed by atoms with Gasteiger partial charge in [0.05, 0.1) is 5.00 Å². The number of thiophene rings is 1. The van der Waals surface area contributed by atoms with Gasteiger partial charge >= 0.3 is 11.6 Å². The van der Waals surface area contributed by atoms with E-state index in [4.69, 9.17) is 9.15 Å². The summed E-state index contributed by atoms with van der Waals surface area (Å²) >= 11 is 1.13. The summed E-state index contributed by atoms with van der Waals surface area (Å²) in [5.41, 5.74) is 0.767. The number of aryl methyl sites for hydroxylation is 1. The van der Waals surface area contributed by atoms with Crippen LogP contribution in [0, 0.1) is 12.3 Å². The van der Waals surface area contributed by atoms with Crippen LogP contribution in [0.15, 0.2) is 39.5 Å². The topological polar surface area (TPSA) is 115 Å². The molecule has 2 heterocycles. The lowest BCUT2D eigenvalue weighted by atomic mass is 9.96. The molecule has 0 unspecified atom stereocenters. The Morgan fingerprint density at radius 1 is 1.09 bits per heavy atom. The standard InChI is InChI=1S/C23H24N2O6S/c1-12-8-18(25-22(29)23(3,4)5)32-20(12)21(28)30-11-14-9-19(27)31-17-10-15(24-13(2)26)6-7-16(14)17/h6-10H,11H2,1-5H3,(H,24,26)(H,25,29). The minimum Gasteiger partial charge on any atom is -0.457 e. The van der Waals surface area contributed by atoms with Gasteiger partial charge in [-0.1, -0.05) is 20.8 Å². The van der Waals surface area contributed by atoms with Crippen LogP contribution in [0.3, 0.4) is 0 Å². The second kappa shape index (κ2) is 8.96. The Labute approximate surface area is 188 Å². The van der Waals surface area contributed by atoms with Crippen LogP contribution in [-0.4, -0.2) is 17.8 Å². The van der Waals surface area contributed by atoms with E-state index in [-0.39, 0.29) is 24.0 Å². The fourth-order valence-electron chi connectivity index (χ4n) is 2.88. The van der Waals surface area contributed by atoms with Crippen LogP contribution < -0.4 is 16.3 Å². The highest BCUT2D eigenvalue weighted by Gasteiger charge is 2.23. The number of nitrogens with one attached hydrogen (secondary N) is 2. The molecule has 0 radical (unpaired) electrons. The van der Waals surface area contributed by atoms with Gasteiger partial charge in [0.1, 0.15) is 17.1 Å². The molecule has 0 aliphatic rings. The third-order valence-electron chi connectivity index (χ3n) is 4.53. The molecule has 2 N–H and O–H groups in total. The summed E-state index contributed by atoms with van der Waals surface area (Å²) in [6.45, 7) is 8.41. The number of carbonyl (C=O) groups excluding carboxylic acids is 3. The first kappa shape index (κ1) is 23.2. The van der Waals surface area contributed by atoms with Gasteiger partial charge in [-0.05, 0) is 30.7 Å². The highest BCUT2D eigenvalue weighted by molar-refractivity contribution is 7.18. The van der Waals surface area contributed by atoms with E-state index in [1.807, 2.05) is 0 Å². The zero-order valence-electron chi connectivity index (χ0n) is 18.5. The average Bonchev–Trinajstić information content (AvgIpc) is 3.04. The number of amides is 2. The molecule has 32 heavy (non-hydrogen) atoms. The largest absolute Gasteiger partial charge is 0.457 e. The van der Waals surface area contributed by atoms with Gasteiger partial charge in [-0.3, -0.25) is 9.59 Å². The third kappa shape index (κ3) is 5.42. The fourth-order valence-corrected chi connectivity index (χ4v) is 3.85. The molecular weight excluding hydrogens is 432 g/mol. The van der Waals surface area contributed by atoms with E-state index >= 15 is 0 Å². The molecule has 0 aliphatic heterocycles. The molecule has 1 aromatic carbocycles. The van der Waals surface area contributed by atoms with Crippen LogP contribution in [0.4, 0.5) is 10.7 Å². The van der Waals surface area contributed by atoms with Crippen molar-refractivity contribution >= 4 is 50.8 Å². The Balaban J connectivity index is 1.78. The normalized spacial score (nSPS) is 11.3. The van der Waals surface area contributed by atoms with Gasteiger partial charge in [-0.2, -0.15) is 0 Å². The number of hydrogen-bond acceptors (Lipinski definition) is 7. The lowest BCUT2D eigenvalue weighted by Gasteiger charge is -2.16. The van der Waals surface area contributed by atoms with E-state index in [2.05, 4.69) is 10.6 Å². The van der Waals surface area contributed by atoms with Gasteiger partial charge in [0, 0.05) is 41.1 Å². The maximum atomic E-state index is 12.7. The van der Waals surface area contributed by atoms with Crippen LogP contribution in [0.25, 0.3) is 11.0 Å². The Bertz CT molecular complexity index is 1270. The quantitative estimate of drug-likeness (QED) is 0.433. The van der Waals surface area contributed by atoms with Crippen molar-refractivity contribution in [3.63, 3.8) is 0 Å². The zero-order chi connectivity index (χ0) is 23.6. The van der Waals surface area contributed by atoms with Gasteiger partial charge in [0.2, 0.25) is 11.8 Å². The molecule has 0 spiro atoms. The van der Waals surface area contributed by atoms with E-state index in [1.54, 1.807) is 45.9 Å². The molecule has 0 aliphatic carbocycles. The summed E-state index contributed by atoms with van der Waals surface area (Å²) in [4.78, 5) is 48.4. The first-order valence-electron chi connectivity index (χ1n) is 9.87. The van der Waals surface area contributed by atoms with Crippen LogP contribution in [0.2, 0.25) is 0 Å². The smallest absolute Gasteiger partial charge is 0.348 e. The Morgan fingerprint density at radius 2 is 1.81 bits per heavy atom. The molecule has 0 saturated heterocycles. The van der Waals surface area contributed by atoms with Crippen molar-refractivity contribution in [2.75, 3.05) is 10.6 Å². The molecule has 3 rings (SSSR count). The van der Waals surface area contributed by atoms with Crippen LogP contribution in [0.5, 0.6) is 0 Å². The number of hydrogen-bond donors (Lipinski definition) is 2.